The summed E-state index contributed by atoms with van der Waals surface area (Å²) in [5, 5.41) is 5.83. The Balaban J connectivity index is 1.35. The molecule has 0 N–H and O–H groups in total. The maximum Gasteiger partial charge on any atom is 0.309 e. The third kappa shape index (κ3) is 3.76. The normalized spacial score (nSPS) is 15.0. The van der Waals surface area contributed by atoms with Crippen LogP contribution < -0.4 is 0 Å². The fourth-order valence-corrected chi connectivity index (χ4v) is 3.65. The summed E-state index contributed by atoms with van der Waals surface area (Å²) < 4.78 is 10.3. The van der Waals surface area contributed by atoms with Crippen molar-refractivity contribution in [3.8, 4) is 0 Å². The minimum absolute atomic E-state index is 0.0155. The van der Waals surface area contributed by atoms with Gasteiger partial charge in [-0.05, 0) is 36.6 Å². The molecule has 1 amide bonds. The molecule has 144 valence electrons. The SMILES string of the molecule is Cc1cc(COC(=O)C2CCN(C(=O)c3cccc4ccccc34)CC2)no1. The van der Waals surface area contributed by atoms with E-state index in [9.17, 15) is 9.59 Å². The molecule has 0 aliphatic carbocycles. The molecule has 0 unspecified atom stereocenters. The zero-order chi connectivity index (χ0) is 19.5. The van der Waals surface area contributed by atoms with E-state index in [1.807, 2.05) is 47.4 Å². The maximum atomic E-state index is 13.0. The number of aromatic nitrogens is 1. The first-order valence-electron chi connectivity index (χ1n) is 9.47. The predicted molar refractivity (Wildman–Crippen MR) is 104 cm³/mol. The van der Waals surface area contributed by atoms with Crippen molar-refractivity contribution in [1.29, 1.82) is 0 Å². The van der Waals surface area contributed by atoms with Gasteiger partial charge in [0.05, 0.1) is 5.92 Å². The van der Waals surface area contributed by atoms with E-state index in [0.717, 1.165) is 10.8 Å². The monoisotopic (exact) mass is 378 g/mol. The Morgan fingerprint density at radius 1 is 1.14 bits per heavy atom. The smallest absolute Gasteiger partial charge is 0.309 e. The molecule has 1 fully saturated rings. The van der Waals surface area contributed by atoms with Crippen LogP contribution in [-0.4, -0.2) is 35.0 Å². The van der Waals surface area contributed by atoms with Crippen molar-refractivity contribution in [3.05, 3.63) is 65.5 Å². The minimum Gasteiger partial charge on any atom is -0.459 e. The van der Waals surface area contributed by atoms with Crippen LogP contribution in [0.15, 0.2) is 53.1 Å². The first-order chi connectivity index (χ1) is 13.6. The summed E-state index contributed by atoms with van der Waals surface area (Å²) in [5.74, 6) is 0.274. The van der Waals surface area contributed by atoms with Crippen LogP contribution in [-0.2, 0) is 16.1 Å². The second kappa shape index (κ2) is 7.84. The highest BCUT2D eigenvalue weighted by molar-refractivity contribution is 6.07. The van der Waals surface area contributed by atoms with Gasteiger partial charge < -0.3 is 14.2 Å². The standard InChI is InChI=1S/C22H22N2O4/c1-15-13-18(23-28-15)14-27-22(26)17-9-11-24(12-10-17)21(25)20-8-4-6-16-5-2-3-7-19(16)20/h2-8,13,17H,9-12,14H2,1H3. The molecule has 2 aromatic carbocycles. The van der Waals surface area contributed by atoms with E-state index < -0.39 is 0 Å². The van der Waals surface area contributed by atoms with Crippen molar-refractivity contribution < 1.29 is 18.8 Å². The topological polar surface area (TPSA) is 72.6 Å². The van der Waals surface area contributed by atoms with E-state index in [-0.39, 0.29) is 24.4 Å². The molecule has 0 radical (unpaired) electrons. The Hall–Kier alpha value is -3.15. The quantitative estimate of drug-likeness (QED) is 0.647. The predicted octanol–water partition coefficient (Wildman–Crippen LogP) is 3.73. The van der Waals surface area contributed by atoms with Gasteiger partial charge in [-0.2, -0.15) is 0 Å². The van der Waals surface area contributed by atoms with Gasteiger partial charge in [0, 0.05) is 24.7 Å². The van der Waals surface area contributed by atoms with E-state index in [0.29, 0.717) is 42.9 Å². The Bertz CT molecular complexity index is 997. The van der Waals surface area contributed by atoms with Crippen LogP contribution in [0.5, 0.6) is 0 Å². The number of hydrogen-bond donors (Lipinski definition) is 0. The lowest BCUT2D eigenvalue weighted by atomic mass is 9.95. The fourth-order valence-electron chi connectivity index (χ4n) is 3.65. The van der Waals surface area contributed by atoms with Gasteiger partial charge in [0.1, 0.15) is 18.1 Å². The molecular weight excluding hydrogens is 356 g/mol. The third-order valence-corrected chi connectivity index (χ3v) is 5.17. The molecule has 28 heavy (non-hydrogen) atoms. The summed E-state index contributed by atoms with van der Waals surface area (Å²) in [6.45, 7) is 3.00. The number of amides is 1. The Labute approximate surface area is 163 Å². The number of likely N-dealkylation sites (tertiary alicyclic amines) is 1. The largest absolute Gasteiger partial charge is 0.459 e. The van der Waals surface area contributed by atoms with E-state index in [2.05, 4.69) is 5.16 Å². The zero-order valence-electron chi connectivity index (χ0n) is 15.8. The van der Waals surface area contributed by atoms with Crippen LogP contribution in [0.25, 0.3) is 10.8 Å². The lowest BCUT2D eigenvalue weighted by molar-refractivity contribution is -0.151. The van der Waals surface area contributed by atoms with E-state index in [1.54, 1.807) is 13.0 Å². The van der Waals surface area contributed by atoms with Crippen LogP contribution in [0.3, 0.4) is 0 Å². The number of esters is 1. The summed E-state index contributed by atoms with van der Waals surface area (Å²) in [5.41, 5.74) is 1.31. The van der Waals surface area contributed by atoms with Gasteiger partial charge >= 0.3 is 5.97 Å². The molecular formula is C22H22N2O4. The van der Waals surface area contributed by atoms with Crippen LogP contribution in [0.1, 0.15) is 34.7 Å². The summed E-state index contributed by atoms with van der Waals surface area (Å²) in [7, 11) is 0. The molecule has 0 saturated carbocycles. The molecule has 0 atom stereocenters. The zero-order valence-corrected chi connectivity index (χ0v) is 15.8. The third-order valence-electron chi connectivity index (χ3n) is 5.17. The first kappa shape index (κ1) is 18.2. The minimum atomic E-state index is -0.238. The number of benzene rings is 2. The summed E-state index contributed by atoms with van der Waals surface area (Å²) >= 11 is 0. The average Bonchev–Trinajstić information content (AvgIpc) is 3.16. The van der Waals surface area contributed by atoms with Crippen molar-refractivity contribution >= 4 is 22.6 Å². The Morgan fingerprint density at radius 2 is 1.89 bits per heavy atom. The molecule has 4 rings (SSSR count). The number of ether oxygens (including phenoxy) is 1. The number of fused-ring (bicyclic) bond motifs is 1. The molecule has 1 saturated heterocycles. The second-order valence-electron chi connectivity index (χ2n) is 7.13. The molecule has 0 bridgehead atoms. The van der Waals surface area contributed by atoms with Crippen LogP contribution in [0.4, 0.5) is 0 Å². The van der Waals surface area contributed by atoms with E-state index >= 15 is 0 Å². The highest BCUT2D eigenvalue weighted by Crippen LogP contribution is 2.24. The summed E-state index contributed by atoms with van der Waals surface area (Å²) in [4.78, 5) is 27.1. The van der Waals surface area contributed by atoms with Gasteiger partial charge in [0.15, 0.2) is 0 Å². The van der Waals surface area contributed by atoms with Gasteiger partial charge in [-0.15, -0.1) is 0 Å². The van der Waals surface area contributed by atoms with Gasteiger partial charge in [-0.3, -0.25) is 9.59 Å². The molecule has 3 aromatic rings. The molecule has 1 aromatic heterocycles. The van der Waals surface area contributed by atoms with Gasteiger partial charge in [-0.25, -0.2) is 0 Å². The number of carbonyl (C=O) groups excluding carboxylic acids is 2. The molecule has 6 nitrogen and oxygen atoms in total. The lowest BCUT2D eigenvalue weighted by Crippen LogP contribution is -2.40. The Morgan fingerprint density at radius 3 is 2.64 bits per heavy atom. The van der Waals surface area contributed by atoms with Crippen LogP contribution in [0, 0.1) is 12.8 Å². The molecule has 0 spiro atoms. The number of aryl methyl sites for hydroxylation is 1. The van der Waals surface area contributed by atoms with Crippen molar-refractivity contribution in [3.63, 3.8) is 0 Å². The van der Waals surface area contributed by atoms with Gasteiger partial charge in [0.25, 0.3) is 5.91 Å². The Kier molecular flexibility index (Phi) is 5.10. The van der Waals surface area contributed by atoms with Crippen LogP contribution in [0.2, 0.25) is 0 Å². The fraction of sp³-hybridized carbons (Fsp3) is 0.318. The highest BCUT2D eigenvalue weighted by atomic mass is 16.5. The van der Waals surface area contributed by atoms with E-state index in [1.165, 1.54) is 0 Å². The number of nitrogens with zero attached hydrogens (tertiary/aromatic N) is 2. The average molecular weight is 378 g/mol. The van der Waals surface area contributed by atoms with Crippen molar-refractivity contribution in [2.45, 2.75) is 26.4 Å². The van der Waals surface area contributed by atoms with Crippen molar-refractivity contribution in [1.82, 2.24) is 10.1 Å². The second-order valence-corrected chi connectivity index (χ2v) is 7.13. The number of carbonyl (C=O) groups is 2. The number of piperidine rings is 1. The molecule has 1 aliphatic rings. The van der Waals surface area contributed by atoms with Crippen molar-refractivity contribution in [2.24, 2.45) is 5.92 Å². The highest BCUT2D eigenvalue weighted by Gasteiger charge is 2.29. The van der Waals surface area contributed by atoms with E-state index in [4.69, 9.17) is 9.26 Å². The summed E-state index contributed by atoms with van der Waals surface area (Å²) in [6, 6.07) is 15.4. The van der Waals surface area contributed by atoms with Crippen molar-refractivity contribution in [2.75, 3.05) is 13.1 Å². The maximum absolute atomic E-state index is 13.0. The van der Waals surface area contributed by atoms with Crippen LogP contribution >= 0.6 is 0 Å². The molecule has 1 aliphatic heterocycles. The summed E-state index contributed by atoms with van der Waals surface area (Å²) in [6.07, 6.45) is 1.21. The van der Waals surface area contributed by atoms with Gasteiger partial charge in [-0.1, -0.05) is 41.6 Å². The van der Waals surface area contributed by atoms with Gasteiger partial charge in [0.2, 0.25) is 0 Å². The molecule has 2 heterocycles. The first-order valence-corrected chi connectivity index (χ1v) is 9.47. The number of hydrogen-bond acceptors (Lipinski definition) is 5. The number of rotatable bonds is 4. The lowest BCUT2D eigenvalue weighted by Gasteiger charge is -2.31. The molecule has 6 heteroatoms.